The molecule has 92 valence electrons. The summed E-state index contributed by atoms with van der Waals surface area (Å²) in [5, 5.41) is 0.881. The third kappa shape index (κ3) is 2.35. The molecule has 1 aromatic carbocycles. The Morgan fingerprint density at radius 1 is 1.24 bits per heavy atom. The number of rotatable bonds is 3. The van der Waals surface area contributed by atoms with Crippen LogP contribution in [0.2, 0.25) is 5.02 Å². The molecule has 2 aliphatic rings. The van der Waals surface area contributed by atoms with Crippen LogP contribution in [-0.2, 0) is 12.1 Å². The molecule has 0 unspecified atom stereocenters. The van der Waals surface area contributed by atoms with Crippen molar-refractivity contribution in [2.45, 2.75) is 37.8 Å². The zero-order chi connectivity index (χ0) is 11.9. The predicted molar refractivity (Wildman–Crippen MR) is 71.1 cm³/mol. The summed E-state index contributed by atoms with van der Waals surface area (Å²) in [7, 11) is 0. The summed E-state index contributed by atoms with van der Waals surface area (Å²) in [6, 6.07) is 6.38. The molecule has 1 heterocycles. The first-order valence-electron chi connectivity index (χ1n) is 6.48. The molecule has 1 saturated carbocycles. The molecular weight excluding hydrogens is 232 g/mol. The summed E-state index contributed by atoms with van der Waals surface area (Å²) >= 11 is 6.36. The van der Waals surface area contributed by atoms with Gasteiger partial charge in [0.05, 0.1) is 0 Å². The first kappa shape index (κ1) is 11.5. The van der Waals surface area contributed by atoms with E-state index in [9.17, 15) is 0 Å². The van der Waals surface area contributed by atoms with Crippen LogP contribution in [-0.4, -0.2) is 18.0 Å². The van der Waals surface area contributed by atoms with E-state index >= 15 is 0 Å². The summed E-state index contributed by atoms with van der Waals surface area (Å²) in [4.78, 5) is 2.47. The van der Waals surface area contributed by atoms with Crippen LogP contribution in [0.4, 0.5) is 0 Å². The summed E-state index contributed by atoms with van der Waals surface area (Å²) < 4.78 is 0. The number of benzene rings is 1. The highest BCUT2D eigenvalue weighted by molar-refractivity contribution is 6.31. The van der Waals surface area contributed by atoms with E-state index in [2.05, 4.69) is 23.1 Å². The van der Waals surface area contributed by atoms with Crippen molar-refractivity contribution < 1.29 is 0 Å². The number of nitrogens with two attached hydrogens (primary N) is 1. The van der Waals surface area contributed by atoms with Gasteiger partial charge in [0, 0.05) is 17.1 Å². The maximum atomic E-state index is 6.36. The second kappa shape index (κ2) is 4.27. The molecule has 0 bridgehead atoms. The zero-order valence-electron chi connectivity index (χ0n) is 10.1. The molecule has 2 fully saturated rings. The molecular formula is C14H19ClN2. The molecule has 2 N–H and O–H groups in total. The summed E-state index contributed by atoms with van der Waals surface area (Å²) in [6.07, 6.45) is 4.83. The van der Waals surface area contributed by atoms with Crippen molar-refractivity contribution in [1.29, 1.82) is 0 Å². The van der Waals surface area contributed by atoms with Crippen molar-refractivity contribution >= 4 is 11.6 Å². The smallest absolute Gasteiger partial charge is 0.0454 e. The Labute approximate surface area is 108 Å². The maximum Gasteiger partial charge on any atom is 0.0454 e. The molecule has 0 aromatic heterocycles. The lowest BCUT2D eigenvalue weighted by molar-refractivity contribution is 0.331. The van der Waals surface area contributed by atoms with Gasteiger partial charge in [0.25, 0.3) is 0 Å². The van der Waals surface area contributed by atoms with Crippen molar-refractivity contribution in [3.8, 4) is 0 Å². The second-order valence-corrected chi connectivity index (χ2v) is 5.85. The van der Waals surface area contributed by atoms with Gasteiger partial charge in [0.2, 0.25) is 0 Å². The van der Waals surface area contributed by atoms with E-state index in [0.29, 0.717) is 0 Å². The van der Waals surface area contributed by atoms with Crippen molar-refractivity contribution in [2.75, 3.05) is 13.1 Å². The van der Waals surface area contributed by atoms with Gasteiger partial charge in [-0.25, -0.2) is 0 Å². The fourth-order valence-corrected chi connectivity index (χ4v) is 2.83. The Morgan fingerprint density at radius 2 is 1.94 bits per heavy atom. The van der Waals surface area contributed by atoms with E-state index < -0.39 is 0 Å². The van der Waals surface area contributed by atoms with Gasteiger partial charge in [-0.15, -0.1) is 0 Å². The van der Waals surface area contributed by atoms with Crippen molar-refractivity contribution in [1.82, 2.24) is 4.90 Å². The molecule has 2 nitrogen and oxygen atoms in total. The first-order valence-corrected chi connectivity index (χ1v) is 6.85. The van der Waals surface area contributed by atoms with Crippen LogP contribution in [0.1, 0.15) is 36.8 Å². The van der Waals surface area contributed by atoms with Gasteiger partial charge in [0.1, 0.15) is 0 Å². The van der Waals surface area contributed by atoms with Crippen LogP contribution in [0, 0.1) is 0 Å². The molecule has 1 aromatic rings. The maximum absolute atomic E-state index is 6.36. The number of halogens is 1. The number of likely N-dealkylation sites (tertiary alicyclic amines) is 1. The monoisotopic (exact) mass is 250 g/mol. The lowest BCUT2D eigenvalue weighted by atomic mass is 10.0. The Bertz CT molecular complexity index is 420. The van der Waals surface area contributed by atoms with Gasteiger partial charge in [-0.1, -0.05) is 23.7 Å². The minimum Gasteiger partial charge on any atom is -0.321 e. The van der Waals surface area contributed by atoms with E-state index in [0.717, 1.165) is 24.4 Å². The lowest BCUT2D eigenvalue weighted by Crippen LogP contribution is -2.20. The van der Waals surface area contributed by atoms with Gasteiger partial charge in [0.15, 0.2) is 0 Å². The molecule has 3 heteroatoms. The van der Waals surface area contributed by atoms with E-state index in [4.69, 9.17) is 17.3 Å². The molecule has 1 aliphatic heterocycles. The SMILES string of the molecule is NC1(c2ccc(CN3CCCC3)c(Cl)c2)CC1. The third-order valence-corrected chi connectivity index (χ3v) is 4.36. The summed E-state index contributed by atoms with van der Waals surface area (Å²) in [5.41, 5.74) is 8.55. The third-order valence-electron chi connectivity index (χ3n) is 4.01. The van der Waals surface area contributed by atoms with E-state index in [1.807, 2.05) is 0 Å². The van der Waals surface area contributed by atoms with Crippen LogP contribution in [0.25, 0.3) is 0 Å². The number of hydrogen-bond donors (Lipinski definition) is 1. The van der Waals surface area contributed by atoms with Crippen molar-refractivity contribution in [3.63, 3.8) is 0 Å². The van der Waals surface area contributed by atoms with Crippen LogP contribution >= 0.6 is 11.6 Å². The largest absolute Gasteiger partial charge is 0.321 e. The Kier molecular flexibility index (Phi) is 2.89. The van der Waals surface area contributed by atoms with Crippen molar-refractivity contribution in [3.05, 3.63) is 34.3 Å². The molecule has 17 heavy (non-hydrogen) atoms. The van der Waals surface area contributed by atoms with Gasteiger partial charge in [-0.05, 0) is 56.0 Å². The first-order chi connectivity index (χ1) is 8.17. The van der Waals surface area contributed by atoms with E-state index in [1.165, 1.54) is 37.1 Å². The van der Waals surface area contributed by atoms with Gasteiger partial charge in [-0.2, -0.15) is 0 Å². The van der Waals surface area contributed by atoms with Crippen LogP contribution < -0.4 is 5.73 Å². The molecule has 3 rings (SSSR count). The molecule has 1 aliphatic carbocycles. The summed E-state index contributed by atoms with van der Waals surface area (Å²) in [5.74, 6) is 0. The zero-order valence-corrected chi connectivity index (χ0v) is 10.8. The van der Waals surface area contributed by atoms with Crippen molar-refractivity contribution in [2.24, 2.45) is 5.73 Å². The Morgan fingerprint density at radius 3 is 2.53 bits per heavy atom. The average Bonchev–Trinajstić information content (AvgIpc) is 2.87. The van der Waals surface area contributed by atoms with Crippen LogP contribution in [0.15, 0.2) is 18.2 Å². The number of nitrogens with zero attached hydrogens (tertiary/aromatic N) is 1. The van der Waals surface area contributed by atoms with Gasteiger partial charge < -0.3 is 5.73 Å². The van der Waals surface area contributed by atoms with Crippen LogP contribution in [0.3, 0.4) is 0 Å². The quantitative estimate of drug-likeness (QED) is 0.894. The highest BCUT2D eigenvalue weighted by atomic mass is 35.5. The van der Waals surface area contributed by atoms with E-state index in [1.54, 1.807) is 0 Å². The molecule has 0 radical (unpaired) electrons. The van der Waals surface area contributed by atoms with E-state index in [-0.39, 0.29) is 5.54 Å². The minimum atomic E-state index is -0.0736. The fourth-order valence-electron chi connectivity index (χ4n) is 2.59. The van der Waals surface area contributed by atoms with Gasteiger partial charge in [-0.3, -0.25) is 4.90 Å². The molecule has 0 spiro atoms. The average molecular weight is 251 g/mol. The Balaban J connectivity index is 1.76. The standard InChI is InChI=1S/C14H19ClN2/c15-13-9-12(14(16)5-6-14)4-3-11(13)10-17-7-1-2-8-17/h3-4,9H,1-2,5-8,10,16H2. The topological polar surface area (TPSA) is 29.3 Å². The fraction of sp³-hybridized carbons (Fsp3) is 0.571. The van der Waals surface area contributed by atoms with Crippen LogP contribution in [0.5, 0.6) is 0 Å². The predicted octanol–water partition coefficient (Wildman–Crippen LogP) is 2.88. The molecule has 0 atom stereocenters. The highest BCUT2D eigenvalue weighted by Crippen LogP contribution is 2.43. The second-order valence-electron chi connectivity index (χ2n) is 5.45. The van der Waals surface area contributed by atoms with Gasteiger partial charge >= 0.3 is 0 Å². The normalized spacial score (nSPS) is 22.9. The number of hydrogen-bond acceptors (Lipinski definition) is 2. The minimum absolute atomic E-state index is 0.0736. The summed E-state index contributed by atoms with van der Waals surface area (Å²) in [6.45, 7) is 3.40. The molecule has 0 amide bonds. The Hall–Kier alpha value is -0.570. The lowest BCUT2D eigenvalue weighted by Gasteiger charge is -2.17. The molecule has 1 saturated heterocycles. The highest BCUT2D eigenvalue weighted by Gasteiger charge is 2.40.